The first kappa shape index (κ1) is 16.0. The van der Waals surface area contributed by atoms with E-state index in [4.69, 9.17) is 4.74 Å². The predicted molar refractivity (Wildman–Crippen MR) is 82.4 cm³/mol. The van der Waals surface area contributed by atoms with Crippen molar-refractivity contribution < 1.29 is 14.6 Å². The minimum absolute atomic E-state index is 0.149. The van der Waals surface area contributed by atoms with Crippen LogP contribution in [-0.2, 0) is 16.0 Å². The number of hydrogen-bond acceptors (Lipinski definition) is 3. The first-order valence-electron chi connectivity index (χ1n) is 7.73. The Balaban J connectivity index is 1.74. The fourth-order valence-electron chi connectivity index (χ4n) is 2.87. The Morgan fingerprint density at radius 1 is 1.33 bits per heavy atom. The maximum absolute atomic E-state index is 11.4. The third-order valence-electron chi connectivity index (χ3n) is 4.18. The van der Waals surface area contributed by atoms with E-state index < -0.39 is 12.1 Å². The molecule has 21 heavy (non-hydrogen) atoms. The highest BCUT2D eigenvalue weighted by atomic mass is 16.5. The molecule has 0 saturated carbocycles. The number of carboxylic acids is 1. The highest BCUT2D eigenvalue weighted by Crippen LogP contribution is 2.22. The Morgan fingerprint density at radius 3 is 2.62 bits per heavy atom. The summed E-state index contributed by atoms with van der Waals surface area (Å²) in [6.07, 6.45) is 2.97. The van der Waals surface area contributed by atoms with Crippen LogP contribution in [0, 0.1) is 5.92 Å². The molecular weight excluding hydrogens is 266 g/mol. The van der Waals surface area contributed by atoms with E-state index in [1.54, 1.807) is 0 Å². The average molecular weight is 291 g/mol. The third-order valence-corrected chi connectivity index (χ3v) is 4.18. The van der Waals surface area contributed by atoms with Crippen molar-refractivity contribution in [2.75, 3.05) is 26.7 Å². The van der Waals surface area contributed by atoms with E-state index >= 15 is 0 Å². The summed E-state index contributed by atoms with van der Waals surface area (Å²) < 4.78 is 5.68. The number of aryl methyl sites for hydroxylation is 1. The molecule has 116 valence electrons. The molecule has 1 aromatic rings. The van der Waals surface area contributed by atoms with Crippen molar-refractivity contribution in [3.8, 4) is 0 Å². The van der Waals surface area contributed by atoms with E-state index in [9.17, 15) is 9.90 Å². The second kappa shape index (κ2) is 8.15. The summed E-state index contributed by atoms with van der Waals surface area (Å²) in [4.78, 5) is 13.6. The number of carbonyl (C=O) groups is 1. The van der Waals surface area contributed by atoms with Crippen LogP contribution in [0.5, 0.6) is 0 Å². The molecular formula is C17H25NO3. The van der Waals surface area contributed by atoms with E-state index in [0.717, 1.165) is 38.8 Å². The van der Waals surface area contributed by atoms with Gasteiger partial charge < -0.3 is 14.7 Å². The van der Waals surface area contributed by atoms with Crippen LogP contribution in [0.25, 0.3) is 0 Å². The largest absolute Gasteiger partial charge is 0.479 e. The van der Waals surface area contributed by atoms with Crippen molar-refractivity contribution >= 4 is 5.97 Å². The van der Waals surface area contributed by atoms with E-state index in [1.807, 2.05) is 18.2 Å². The first-order chi connectivity index (χ1) is 10.2. The van der Waals surface area contributed by atoms with E-state index in [2.05, 4.69) is 24.1 Å². The molecule has 0 bridgehead atoms. The van der Waals surface area contributed by atoms with Gasteiger partial charge in [-0.05, 0) is 57.3 Å². The molecule has 1 aromatic carbocycles. The topological polar surface area (TPSA) is 49.8 Å². The van der Waals surface area contributed by atoms with Gasteiger partial charge in [0.05, 0.1) is 0 Å². The first-order valence-corrected chi connectivity index (χ1v) is 7.73. The van der Waals surface area contributed by atoms with Gasteiger partial charge in [-0.25, -0.2) is 4.79 Å². The molecule has 1 atom stereocenters. The molecule has 1 saturated heterocycles. The summed E-state index contributed by atoms with van der Waals surface area (Å²) in [6, 6.07) is 10.2. The average Bonchev–Trinajstić information content (AvgIpc) is 2.49. The molecule has 0 aliphatic carbocycles. The van der Waals surface area contributed by atoms with Crippen molar-refractivity contribution in [1.29, 1.82) is 0 Å². The van der Waals surface area contributed by atoms with Gasteiger partial charge in [0, 0.05) is 6.61 Å². The Kier molecular flexibility index (Phi) is 6.21. The standard InChI is InChI=1S/C17H25NO3/c1-18-11-9-15(10-12-18)16(17(19)20)21-13-5-8-14-6-3-2-4-7-14/h2-4,6-7,15-16H,5,8-13H2,1H3,(H,19,20). The molecule has 1 aliphatic heterocycles. The summed E-state index contributed by atoms with van der Waals surface area (Å²) in [5.74, 6) is -0.667. The molecule has 1 heterocycles. The zero-order chi connectivity index (χ0) is 15.1. The number of rotatable bonds is 7. The molecule has 0 spiro atoms. The lowest BCUT2D eigenvalue weighted by Gasteiger charge is -2.32. The monoisotopic (exact) mass is 291 g/mol. The second-order valence-corrected chi connectivity index (χ2v) is 5.86. The normalized spacial score (nSPS) is 18.5. The number of carboxylic acid groups (broad SMARTS) is 1. The van der Waals surface area contributed by atoms with E-state index in [1.165, 1.54) is 5.56 Å². The number of hydrogen-bond donors (Lipinski definition) is 1. The number of likely N-dealkylation sites (tertiary alicyclic amines) is 1. The number of benzene rings is 1. The molecule has 1 aliphatic rings. The zero-order valence-corrected chi connectivity index (χ0v) is 12.7. The minimum Gasteiger partial charge on any atom is -0.479 e. The van der Waals surface area contributed by atoms with Crippen molar-refractivity contribution in [2.45, 2.75) is 31.8 Å². The van der Waals surface area contributed by atoms with Crippen LogP contribution in [0.15, 0.2) is 30.3 Å². The number of nitrogens with zero attached hydrogens (tertiary/aromatic N) is 1. The van der Waals surface area contributed by atoms with E-state index in [0.29, 0.717) is 6.61 Å². The van der Waals surface area contributed by atoms with Gasteiger partial charge in [0.25, 0.3) is 0 Å². The van der Waals surface area contributed by atoms with Gasteiger partial charge in [0.2, 0.25) is 0 Å². The van der Waals surface area contributed by atoms with Crippen molar-refractivity contribution in [1.82, 2.24) is 4.90 Å². The van der Waals surface area contributed by atoms with Gasteiger partial charge in [-0.3, -0.25) is 0 Å². The van der Waals surface area contributed by atoms with Crippen LogP contribution in [0.1, 0.15) is 24.8 Å². The maximum Gasteiger partial charge on any atom is 0.333 e. The summed E-state index contributed by atoms with van der Waals surface area (Å²) in [6.45, 7) is 2.43. The Labute approximate surface area is 126 Å². The molecule has 2 rings (SSSR count). The van der Waals surface area contributed by atoms with Crippen molar-refractivity contribution in [3.05, 3.63) is 35.9 Å². The van der Waals surface area contributed by atoms with Gasteiger partial charge >= 0.3 is 5.97 Å². The molecule has 0 radical (unpaired) electrons. The quantitative estimate of drug-likeness (QED) is 0.784. The van der Waals surface area contributed by atoms with Crippen molar-refractivity contribution in [3.63, 3.8) is 0 Å². The second-order valence-electron chi connectivity index (χ2n) is 5.86. The lowest BCUT2D eigenvalue weighted by atomic mass is 9.91. The van der Waals surface area contributed by atoms with Crippen LogP contribution in [-0.4, -0.2) is 48.8 Å². The van der Waals surface area contributed by atoms with Crippen LogP contribution < -0.4 is 0 Å². The fourth-order valence-corrected chi connectivity index (χ4v) is 2.87. The third kappa shape index (κ3) is 5.14. The van der Waals surface area contributed by atoms with E-state index in [-0.39, 0.29) is 5.92 Å². The summed E-state index contributed by atoms with van der Waals surface area (Å²) >= 11 is 0. The van der Waals surface area contributed by atoms with Crippen LogP contribution >= 0.6 is 0 Å². The number of ether oxygens (including phenoxy) is 1. The van der Waals surface area contributed by atoms with Gasteiger partial charge in [-0.2, -0.15) is 0 Å². The van der Waals surface area contributed by atoms with Gasteiger partial charge in [-0.1, -0.05) is 30.3 Å². The Morgan fingerprint density at radius 2 is 2.00 bits per heavy atom. The zero-order valence-electron chi connectivity index (χ0n) is 12.7. The summed E-state index contributed by atoms with van der Waals surface area (Å²) in [7, 11) is 2.08. The predicted octanol–water partition coefficient (Wildman–Crippen LogP) is 2.43. The molecule has 0 aromatic heterocycles. The number of piperidine rings is 1. The minimum atomic E-state index is -0.815. The molecule has 4 nitrogen and oxygen atoms in total. The highest BCUT2D eigenvalue weighted by Gasteiger charge is 2.31. The molecule has 1 unspecified atom stereocenters. The maximum atomic E-state index is 11.4. The number of aliphatic carboxylic acids is 1. The van der Waals surface area contributed by atoms with Crippen molar-refractivity contribution in [2.24, 2.45) is 5.92 Å². The lowest BCUT2D eigenvalue weighted by molar-refractivity contribution is -0.155. The van der Waals surface area contributed by atoms with Gasteiger partial charge in [0.15, 0.2) is 6.10 Å². The Bertz CT molecular complexity index is 427. The SMILES string of the molecule is CN1CCC(C(OCCCc2ccccc2)C(=O)O)CC1. The highest BCUT2D eigenvalue weighted by molar-refractivity contribution is 5.72. The van der Waals surface area contributed by atoms with Crippen LogP contribution in [0.4, 0.5) is 0 Å². The molecule has 4 heteroatoms. The fraction of sp³-hybridized carbons (Fsp3) is 0.588. The van der Waals surface area contributed by atoms with Crippen LogP contribution in [0.2, 0.25) is 0 Å². The molecule has 1 N–H and O–H groups in total. The molecule has 0 amide bonds. The Hall–Kier alpha value is -1.39. The summed E-state index contributed by atoms with van der Waals surface area (Å²) in [5, 5.41) is 9.37. The van der Waals surface area contributed by atoms with Gasteiger partial charge in [0.1, 0.15) is 0 Å². The van der Waals surface area contributed by atoms with Gasteiger partial charge in [-0.15, -0.1) is 0 Å². The lowest BCUT2D eigenvalue weighted by Crippen LogP contribution is -2.40. The van der Waals surface area contributed by atoms with Crippen LogP contribution in [0.3, 0.4) is 0 Å². The smallest absolute Gasteiger partial charge is 0.333 e. The molecule has 1 fully saturated rings. The summed E-state index contributed by atoms with van der Waals surface area (Å²) in [5.41, 5.74) is 1.27.